The summed E-state index contributed by atoms with van der Waals surface area (Å²) in [6.07, 6.45) is -3.45. The molecule has 2 heterocycles. The maximum Gasteiger partial charge on any atom is 0.573 e. The molecule has 3 rings (SSSR count). The monoisotopic (exact) mass is 404 g/mol. The van der Waals surface area contributed by atoms with Crippen molar-refractivity contribution < 1.29 is 32.0 Å². The van der Waals surface area contributed by atoms with Crippen LogP contribution >= 0.6 is 0 Å². The predicted molar refractivity (Wildman–Crippen MR) is 87.3 cm³/mol. The molecular weight excluding hydrogens is 388 g/mol. The Morgan fingerprint density at radius 3 is 2.82 bits per heavy atom. The number of nitrogens with zero attached hydrogens (tertiary/aromatic N) is 3. The molecule has 0 saturated carbocycles. The molecule has 2 atom stereocenters. The maximum absolute atomic E-state index is 13.8. The summed E-state index contributed by atoms with van der Waals surface area (Å²) in [5, 5.41) is 14.0. The van der Waals surface area contributed by atoms with Crippen molar-refractivity contribution in [1.82, 2.24) is 14.9 Å². The van der Waals surface area contributed by atoms with Gasteiger partial charge in [0.05, 0.1) is 6.04 Å². The van der Waals surface area contributed by atoms with Crippen LogP contribution in [-0.4, -0.2) is 33.0 Å². The summed E-state index contributed by atoms with van der Waals surface area (Å²) >= 11 is 0. The molecule has 0 fully saturated rings. The summed E-state index contributed by atoms with van der Waals surface area (Å²) in [7, 11) is 0. The highest BCUT2D eigenvalue weighted by Crippen LogP contribution is 2.27. The van der Waals surface area contributed by atoms with Crippen molar-refractivity contribution in [3.63, 3.8) is 0 Å². The molecule has 0 spiro atoms. The molecule has 1 N–H and O–H groups in total. The summed E-state index contributed by atoms with van der Waals surface area (Å²) in [6, 6.07) is 3.06. The van der Waals surface area contributed by atoms with Gasteiger partial charge in [0.1, 0.15) is 12.3 Å². The van der Waals surface area contributed by atoms with Crippen molar-refractivity contribution >= 4 is 5.82 Å². The molecule has 152 valence electrons. The van der Waals surface area contributed by atoms with Crippen LogP contribution in [-0.2, 0) is 13.1 Å². The molecule has 1 aromatic heterocycles. The first-order chi connectivity index (χ1) is 13.2. The highest BCUT2D eigenvalue weighted by atomic mass is 19.4. The maximum atomic E-state index is 13.8. The van der Waals surface area contributed by atoms with E-state index in [2.05, 4.69) is 15.0 Å². The van der Waals surface area contributed by atoms with Crippen LogP contribution in [0.1, 0.15) is 18.9 Å². The zero-order valence-electron chi connectivity index (χ0n) is 14.6. The Labute approximate surface area is 156 Å². The quantitative estimate of drug-likeness (QED) is 0.452. The number of alkyl halides is 3. The lowest BCUT2D eigenvalue weighted by Gasteiger charge is -2.31. The Kier molecular flexibility index (Phi) is 5.40. The number of imidazole rings is 1. The molecule has 2 aromatic rings. The number of fused-ring (bicyclic) bond motifs is 1. The number of hydrogen-bond acceptors (Lipinski definition) is 6. The van der Waals surface area contributed by atoms with Crippen LogP contribution in [0.2, 0.25) is 0 Å². The molecule has 0 aliphatic carbocycles. The number of aromatic nitrogens is 2. The molecule has 1 aliphatic rings. The molecular formula is C16H16F4N4O4. The molecule has 1 aliphatic heterocycles. The topological polar surface area (TPSA) is 91.5 Å². The predicted octanol–water partition coefficient (Wildman–Crippen LogP) is 3.16. The van der Waals surface area contributed by atoms with Gasteiger partial charge in [-0.05, 0) is 29.0 Å². The van der Waals surface area contributed by atoms with Crippen LogP contribution in [0.4, 0.5) is 23.4 Å². The van der Waals surface area contributed by atoms with Crippen molar-refractivity contribution in [1.29, 1.82) is 0 Å². The van der Waals surface area contributed by atoms with Crippen molar-refractivity contribution in [2.75, 3.05) is 0 Å². The highest BCUT2D eigenvalue weighted by Gasteiger charge is 2.34. The first-order valence-corrected chi connectivity index (χ1v) is 8.32. The van der Waals surface area contributed by atoms with Gasteiger partial charge in [-0.1, -0.05) is 13.0 Å². The Bertz CT molecular complexity index is 871. The molecule has 0 bridgehead atoms. The van der Waals surface area contributed by atoms with Gasteiger partial charge in [0.2, 0.25) is 0 Å². The Balaban J connectivity index is 1.67. The summed E-state index contributed by atoms with van der Waals surface area (Å²) in [5.41, 5.74) is 0.407. The standard InChI is InChI=1S/C16H16F4N4O4/c1-2-12-11(7-23-8-14(24(25)26)22-15(23)27-12)21-6-9-3-4-13(10(17)5-9)28-16(18,19)20/h3-5,8,11-12,21H,2,6-7H2,1H3/t11-,12+/m0/s1. The molecule has 8 nitrogen and oxygen atoms in total. The van der Waals surface area contributed by atoms with Gasteiger partial charge in [0.25, 0.3) is 0 Å². The summed E-state index contributed by atoms with van der Waals surface area (Å²) in [6.45, 7) is 2.36. The highest BCUT2D eigenvalue weighted by molar-refractivity contribution is 5.29. The molecule has 0 unspecified atom stereocenters. The van der Waals surface area contributed by atoms with E-state index < -0.39 is 22.9 Å². The van der Waals surface area contributed by atoms with E-state index in [0.717, 1.165) is 12.1 Å². The van der Waals surface area contributed by atoms with E-state index in [1.165, 1.54) is 16.8 Å². The SMILES string of the molecule is CC[C@H]1Oc2nc([N+](=O)[O-])cn2C[C@@H]1NCc1ccc(OC(F)(F)F)c(F)c1. The van der Waals surface area contributed by atoms with Crippen molar-refractivity contribution in [3.8, 4) is 11.8 Å². The first kappa shape index (κ1) is 19.9. The number of rotatable bonds is 6. The number of halogens is 4. The van der Waals surface area contributed by atoms with Crippen LogP contribution in [0.3, 0.4) is 0 Å². The Hall–Kier alpha value is -2.89. The van der Waals surface area contributed by atoms with E-state index in [4.69, 9.17) is 4.74 Å². The van der Waals surface area contributed by atoms with E-state index in [9.17, 15) is 27.7 Å². The fourth-order valence-corrected chi connectivity index (χ4v) is 2.92. The van der Waals surface area contributed by atoms with Gasteiger partial charge in [-0.25, -0.2) is 4.39 Å². The molecule has 1 aromatic carbocycles. The summed E-state index contributed by atoms with van der Waals surface area (Å²) < 4.78 is 61.2. The van der Waals surface area contributed by atoms with E-state index in [1.54, 1.807) is 0 Å². The lowest BCUT2D eigenvalue weighted by molar-refractivity contribution is -0.389. The smallest absolute Gasteiger partial charge is 0.441 e. The number of hydrogen-bond donors (Lipinski definition) is 1. The fourth-order valence-electron chi connectivity index (χ4n) is 2.92. The van der Waals surface area contributed by atoms with Crippen molar-refractivity contribution in [3.05, 3.63) is 45.9 Å². The third kappa shape index (κ3) is 4.50. The minimum absolute atomic E-state index is 0.149. The second-order valence-electron chi connectivity index (χ2n) is 6.16. The first-order valence-electron chi connectivity index (χ1n) is 8.32. The third-order valence-corrected chi connectivity index (χ3v) is 4.21. The zero-order valence-corrected chi connectivity index (χ0v) is 14.6. The van der Waals surface area contributed by atoms with Crippen LogP contribution in [0, 0.1) is 15.9 Å². The lowest BCUT2D eigenvalue weighted by atomic mass is 10.1. The van der Waals surface area contributed by atoms with E-state index in [-0.39, 0.29) is 30.5 Å². The second kappa shape index (κ2) is 7.62. The zero-order chi connectivity index (χ0) is 20.5. The normalized spacial score (nSPS) is 19.0. The van der Waals surface area contributed by atoms with Gasteiger partial charge in [-0.15, -0.1) is 13.2 Å². The van der Waals surface area contributed by atoms with Crippen molar-refractivity contribution in [2.45, 2.75) is 44.9 Å². The largest absolute Gasteiger partial charge is 0.573 e. The van der Waals surface area contributed by atoms with Gasteiger partial charge in [0, 0.05) is 18.1 Å². The molecule has 0 saturated heterocycles. The molecule has 12 heteroatoms. The number of benzene rings is 1. The number of nitro groups is 1. The number of nitrogens with one attached hydrogen (secondary N) is 1. The summed E-state index contributed by atoms with van der Waals surface area (Å²) in [4.78, 5) is 14.0. The molecule has 0 amide bonds. The van der Waals surface area contributed by atoms with Gasteiger partial charge < -0.3 is 24.9 Å². The van der Waals surface area contributed by atoms with Gasteiger partial charge >= 0.3 is 18.2 Å². The fraction of sp³-hybridized carbons (Fsp3) is 0.438. The van der Waals surface area contributed by atoms with Crippen LogP contribution in [0.25, 0.3) is 0 Å². The van der Waals surface area contributed by atoms with E-state index >= 15 is 0 Å². The third-order valence-electron chi connectivity index (χ3n) is 4.21. The molecule has 0 radical (unpaired) electrons. The Morgan fingerprint density at radius 2 is 2.21 bits per heavy atom. The van der Waals surface area contributed by atoms with Crippen molar-refractivity contribution in [2.24, 2.45) is 0 Å². The number of ether oxygens (including phenoxy) is 2. The van der Waals surface area contributed by atoms with E-state index in [0.29, 0.717) is 18.5 Å². The molecule has 28 heavy (non-hydrogen) atoms. The lowest BCUT2D eigenvalue weighted by Crippen LogP contribution is -2.48. The minimum Gasteiger partial charge on any atom is -0.441 e. The van der Waals surface area contributed by atoms with Gasteiger partial charge in [-0.3, -0.25) is 4.57 Å². The van der Waals surface area contributed by atoms with Crippen LogP contribution < -0.4 is 14.8 Å². The Morgan fingerprint density at radius 1 is 1.46 bits per heavy atom. The van der Waals surface area contributed by atoms with E-state index in [1.807, 2.05) is 6.92 Å². The second-order valence-corrected chi connectivity index (χ2v) is 6.16. The van der Waals surface area contributed by atoms with Crippen LogP contribution in [0.15, 0.2) is 24.4 Å². The van der Waals surface area contributed by atoms with Gasteiger partial charge in [0.15, 0.2) is 11.6 Å². The van der Waals surface area contributed by atoms with Crippen LogP contribution in [0.5, 0.6) is 11.8 Å². The average Bonchev–Trinajstić information content (AvgIpc) is 3.03. The minimum atomic E-state index is -4.97. The summed E-state index contributed by atoms with van der Waals surface area (Å²) in [5.74, 6) is -2.36. The average molecular weight is 404 g/mol. The van der Waals surface area contributed by atoms with Gasteiger partial charge in [-0.2, -0.15) is 0 Å².